The fourth-order valence-corrected chi connectivity index (χ4v) is 1.63. The highest BCUT2D eigenvalue weighted by Gasteiger charge is 2.07. The summed E-state index contributed by atoms with van der Waals surface area (Å²) in [4.78, 5) is 14.3. The predicted molar refractivity (Wildman–Crippen MR) is 61.0 cm³/mol. The smallest absolute Gasteiger partial charge is 0.181 e. The molecular weight excluding hydrogens is 186 g/mol. The van der Waals surface area contributed by atoms with Crippen molar-refractivity contribution in [2.24, 2.45) is 0 Å². The van der Waals surface area contributed by atoms with Gasteiger partial charge in [-0.3, -0.25) is 4.79 Å². The van der Waals surface area contributed by atoms with Crippen molar-refractivity contribution in [2.75, 3.05) is 0 Å². The molecule has 2 rings (SSSR count). The van der Waals surface area contributed by atoms with Crippen LogP contribution in [-0.2, 0) is 0 Å². The molecule has 0 aliphatic carbocycles. The molecule has 1 aromatic carbocycles. The van der Waals surface area contributed by atoms with Gasteiger partial charge in [-0.1, -0.05) is 37.3 Å². The Kier molecular flexibility index (Phi) is 2.68. The normalized spacial score (nSPS) is 12.3. The van der Waals surface area contributed by atoms with Crippen LogP contribution in [0.4, 0.5) is 0 Å². The third-order valence-corrected chi connectivity index (χ3v) is 2.56. The van der Waals surface area contributed by atoms with Crippen LogP contribution >= 0.6 is 0 Å². The van der Waals surface area contributed by atoms with Crippen molar-refractivity contribution in [1.82, 2.24) is 4.98 Å². The lowest BCUT2D eigenvalue weighted by Crippen LogP contribution is -2.05. The highest BCUT2D eigenvalue weighted by atomic mass is 16.1. The Balaban J connectivity index is 2.37. The SMILES string of the molecule is CC(c1ccccc1)c1cc(=O)cc[nH]1. The number of H-pyrrole nitrogens is 1. The van der Waals surface area contributed by atoms with Gasteiger partial charge in [-0.25, -0.2) is 0 Å². The van der Waals surface area contributed by atoms with Crippen LogP contribution in [0.5, 0.6) is 0 Å². The van der Waals surface area contributed by atoms with Gasteiger partial charge in [0.2, 0.25) is 0 Å². The molecule has 0 fully saturated rings. The van der Waals surface area contributed by atoms with Crippen molar-refractivity contribution in [3.05, 3.63) is 70.1 Å². The average molecular weight is 199 g/mol. The van der Waals surface area contributed by atoms with Crippen molar-refractivity contribution >= 4 is 0 Å². The predicted octanol–water partition coefficient (Wildman–Crippen LogP) is 2.53. The number of aromatic nitrogens is 1. The van der Waals surface area contributed by atoms with Crippen LogP contribution in [0.3, 0.4) is 0 Å². The van der Waals surface area contributed by atoms with Gasteiger partial charge < -0.3 is 4.98 Å². The molecule has 0 bridgehead atoms. The van der Waals surface area contributed by atoms with E-state index in [4.69, 9.17) is 0 Å². The Hall–Kier alpha value is -1.83. The molecule has 0 amide bonds. The molecule has 0 aliphatic heterocycles. The lowest BCUT2D eigenvalue weighted by molar-refractivity contribution is 0.869. The third kappa shape index (κ3) is 2.15. The van der Waals surface area contributed by atoms with E-state index >= 15 is 0 Å². The zero-order valence-electron chi connectivity index (χ0n) is 8.60. The van der Waals surface area contributed by atoms with Crippen LogP contribution in [0.2, 0.25) is 0 Å². The van der Waals surface area contributed by atoms with Crippen LogP contribution in [0.15, 0.2) is 53.5 Å². The van der Waals surface area contributed by atoms with Crippen LogP contribution in [0.1, 0.15) is 24.1 Å². The number of rotatable bonds is 2. The minimum Gasteiger partial charge on any atom is -0.364 e. The van der Waals surface area contributed by atoms with Crippen LogP contribution in [-0.4, -0.2) is 4.98 Å². The van der Waals surface area contributed by atoms with Gasteiger partial charge in [-0.05, 0) is 5.56 Å². The van der Waals surface area contributed by atoms with E-state index in [2.05, 4.69) is 24.0 Å². The molecular formula is C13H13NO. The van der Waals surface area contributed by atoms with E-state index in [1.54, 1.807) is 12.3 Å². The fourth-order valence-electron chi connectivity index (χ4n) is 1.63. The molecule has 0 spiro atoms. The van der Waals surface area contributed by atoms with Gasteiger partial charge in [0.1, 0.15) is 0 Å². The molecule has 0 saturated carbocycles. The van der Waals surface area contributed by atoms with Gasteiger partial charge in [-0.2, -0.15) is 0 Å². The summed E-state index contributed by atoms with van der Waals surface area (Å²) in [7, 11) is 0. The summed E-state index contributed by atoms with van der Waals surface area (Å²) in [6.07, 6.45) is 1.69. The number of pyridine rings is 1. The number of benzene rings is 1. The lowest BCUT2D eigenvalue weighted by atomic mass is 9.97. The van der Waals surface area contributed by atoms with E-state index in [1.165, 1.54) is 11.6 Å². The maximum atomic E-state index is 11.2. The summed E-state index contributed by atoms with van der Waals surface area (Å²) in [6, 6.07) is 13.3. The molecule has 2 aromatic rings. The standard InChI is InChI=1S/C13H13NO/c1-10(11-5-3-2-4-6-11)13-9-12(15)7-8-14-13/h2-10H,1H3,(H,14,15). The first-order valence-corrected chi connectivity index (χ1v) is 5.01. The quantitative estimate of drug-likeness (QED) is 0.792. The maximum Gasteiger partial charge on any atom is 0.181 e. The molecule has 1 atom stereocenters. The van der Waals surface area contributed by atoms with Gasteiger partial charge in [0, 0.05) is 29.9 Å². The second-order valence-electron chi connectivity index (χ2n) is 3.61. The van der Waals surface area contributed by atoms with Crippen molar-refractivity contribution in [3.63, 3.8) is 0 Å². The van der Waals surface area contributed by atoms with Crippen LogP contribution in [0, 0.1) is 0 Å². The first kappa shape index (κ1) is 9.71. The fraction of sp³-hybridized carbons (Fsp3) is 0.154. The first-order valence-electron chi connectivity index (χ1n) is 5.01. The molecule has 76 valence electrons. The second kappa shape index (κ2) is 4.13. The average Bonchev–Trinajstić information content (AvgIpc) is 2.29. The molecule has 1 heterocycles. The molecule has 1 N–H and O–H groups in total. The largest absolute Gasteiger partial charge is 0.364 e. The van der Waals surface area contributed by atoms with Crippen molar-refractivity contribution in [2.45, 2.75) is 12.8 Å². The zero-order valence-corrected chi connectivity index (χ0v) is 8.60. The Bertz CT molecular complexity index is 487. The van der Waals surface area contributed by atoms with Crippen LogP contribution in [0.25, 0.3) is 0 Å². The highest BCUT2D eigenvalue weighted by Crippen LogP contribution is 2.20. The second-order valence-corrected chi connectivity index (χ2v) is 3.61. The minimum absolute atomic E-state index is 0.0477. The number of hydrogen-bond acceptors (Lipinski definition) is 1. The van der Waals surface area contributed by atoms with Crippen molar-refractivity contribution < 1.29 is 0 Å². The third-order valence-electron chi connectivity index (χ3n) is 2.56. The van der Waals surface area contributed by atoms with Crippen molar-refractivity contribution in [3.8, 4) is 0 Å². The number of aromatic amines is 1. The molecule has 15 heavy (non-hydrogen) atoms. The van der Waals surface area contributed by atoms with E-state index in [0.717, 1.165) is 5.69 Å². The van der Waals surface area contributed by atoms with Crippen LogP contribution < -0.4 is 5.43 Å². The summed E-state index contributed by atoms with van der Waals surface area (Å²) in [6.45, 7) is 2.08. The minimum atomic E-state index is 0.0477. The zero-order chi connectivity index (χ0) is 10.7. The summed E-state index contributed by atoms with van der Waals surface area (Å²) in [5.74, 6) is 0.222. The van der Waals surface area contributed by atoms with Gasteiger partial charge in [-0.15, -0.1) is 0 Å². The number of hydrogen-bond donors (Lipinski definition) is 1. The summed E-state index contributed by atoms with van der Waals surface area (Å²) < 4.78 is 0. The molecule has 1 unspecified atom stereocenters. The number of nitrogens with one attached hydrogen (secondary N) is 1. The monoisotopic (exact) mass is 199 g/mol. The molecule has 2 nitrogen and oxygen atoms in total. The van der Waals surface area contributed by atoms with Crippen molar-refractivity contribution in [1.29, 1.82) is 0 Å². The van der Waals surface area contributed by atoms with E-state index in [9.17, 15) is 4.79 Å². The lowest BCUT2D eigenvalue weighted by Gasteiger charge is -2.11. The summed E-state index contributed by atoms with van der Waals surface area (Å²) in [5.41, 5.74) is 2.21. The van der Waals surface area contributed by atoms with Gasteiger partial charge in [0.25, 0.3) is 0 Å². The summed E-state index contributed by atoms with van der Waals surface area (Å²) in [5, 5.41) is 0. The van der Waals surface area contributed by atoms with E-state index in [-0.39, 0.29) is 11.3 Å². The Morgan fingerprint density at radius 2 is 1.87 bits per heavy atom. The molecule has 0 radical (unpaired) electrons. The van der Waals surface area contributed by atoms with Gasteiger partial charge in [0.15, 0.2) is 5.43 Å². The molecule has 0 saturated heterocycles. The van der Waals surface area contributed by atoms with E-state index in [0.29, 0.717) is 0 Å². The molecule has 0 aliphatic rings. The van der Waals surface area contributed by atoms with E-state index < -0.39 is 0 Å². The molecule has 1 aromatic heterocycles. The van der Waals surface area contributed by atoms with Gasteiger partial charge >= 0.3 is 0 Å². The Morgan fingerprint density at radius 1 is 1.13 bits per heavy atom. The summed E-state index contributed by atoms with van der Waals surface area (Å²) >= 11 is 0. The van der Waals surface area contributed by atoms with Gasteiger partial charge in [0.05, 0.1) is 0 Å². The Labute approximate surface area is 88.6 Å². The topological polar surface area (TPSA) is 32.9 Å². The maximum absolute atomic E-state index is 11.2. The first-order chi connectivity index (χ1) is 7.27. The Morgan fingerprint density at radius 3 is 2.53 bits per heavy atom. The van der Waals surface area contributed by atoms with E-state index in [1.807, 2.05) is 18.2 Å². The highest BCUT2D eigenvalue weighted by molar-refractivity contribution is 5.27. The molecule has 2 heteroatoms.